The standard InChI is InChI=1S/C19H27N3O3/c1-15-2-4-16(5-3-15)14-22-17(6-7-18(22)23)19(24)20-8-9-21-10-12-25-13-11-21/h2-5,17H,6-14H2,1H3,(H,20,24)/p+1. The first-order chi connectivity index (χ1) is 12.1. The molecule has 2 N–H and O–H groups in total. The van der Waals surface area contributed by atoms with Gasteiger partial charge in [-0.1, -0.05) is 29.8 Å². The van der Waals surface area contributed by atoms with Crippen molar-refractivity contribution in [2.45, 2.75) is 32.4 Å². The van der Waals surface area contributed by atoms with Crippen molar-refractivity contribution in [2.75, 3.05) is 39.4 Å². The summed E-state index contributed by atoms with van der Waals surface area (Å²) in [4.78, 5) is 27.9. The Bertz CT molecular complexity index is 596. The monoisotopic (exact) mass is 346 g/mol. The van der Waals surface area contributed by atoms with Crippen molar-refractivity contribution in [1.82, 2.24) is 10.2 Å². The highest BCUT2D eigenvalue weighted by atomic mass is 16.5. The molecular weight excluding hydrogens is 318 g/mol. The summed E-state index contributed by atoms with van der Waals surface area (Å²) in [6.45, 7) is 7.69. The summed E-state index contributed by atoms with van der Waals surface area (Å²) in [7, 11) is 0. The van der Waals surface area contributed by atoms with Crippen molar-refractivity contribution < 1.29 is 19.2 Å². The van der Waals surface area contributed by atoms with Crippen molar-refractivity contribution >= 4 is 11.8 Å². The average molecular weight is 346 g/mol. The first-order valence-corrected chi connectivity index (χ1v) is 9.17. The number of aryl methyl sites for hydroxylation is 1. The van der Waals surface area contributed by atoms with Crippen LogP contribution < -0.4 is 10.2 Å². The Balaban J connectivity index is 1.51. The van der Waals surface area contributed by atoms with Gasteiger partial charge in [0.05, 0.1) is 26.3 Å². The molecule has 1 aromatic carbocycles. The second kappa shape index (κ2) is 8.45. The number of quaternary nitrogens is 1. The number of carbonyl (C=O) groups is 2. The van der Waals surface area contributed by atoms with Crippen LogP contribution in [0.5, 0.6) is 0 Å². The second-order valence-electron chi connectivity index (χ2n) is 6.97. The number of amides is 2. The van der Waals surface area contributed by atoms with E-state index < -0.39 is 0 Å². The van der Waals surface area contributed by atoms with Crippen molar-refractivity contribution in [1.29, 1.82) is 0 Å². The molecule has 136 valence electrons. The zero-order valence-electron chi connectivity index (χ0n) is 14.9. The van der Waals surface area contributed by atoms with Gasteiger partial charge in [0.1, 0.15) is 19.1 Å². The lowest BCUT2D eigenvalue weighted by molar-refractivity contribution is -0.906. The van der Waals surface area contributed by atoms with Crippen LogP contribution >= 0.6 is 0 Å². The zero-order chi connectivity index (χ0) is 17.6. The fourth-order valence-electron chi connectivity index (χ4n) is 3.49. The number of likely N-dealkylation sites (tertiary alicyclic amines) is 1. The van der Waals surface area contributed by atoms with E-state index in [1.807, 2.05) is 31.2 Å². The van der Waals surface area contributed by atoms with Crippen LogP contribution in [0.15, 0.2) is 24.3 Å². The van der Waals surface area contributed by atoms with Crippen molar-refractivity contribution in [3.63, 3.8) is 0 Å². The fraction of sp³-hybridized carbons (Fsp3) is 0.579. The lowest BCUT2D eigenvalue weighted by Crippen LogP contribution is -3.14. The van der Waals surface area contributed by atoms with Gasteiger partial charge in [0.25, 0.3) is 0 Å². The lowest BCUT2D eigenvalue weighted by Gasteiger charge is -2.26. The molecule has 0 aromatic heterocycles. The van der Waals surface area contributed by atoms with E-state index in [-0.39, 0.29) is 17.9 Å². The molecule has 2 amide bonds. The van der Waals surface area contributed by atoms with Gasteiger partial charge >= 0.3 is 0 Å². The Hall–Kier alpha value is -1.92. The highest BCUT2D eigenvalue weighted by Crippen LogP contribution is 2.21. The number of nitrogens with zero attached hydrogens (tertiary/aromatic N) is 1. The number of rotatable bonds is 6. The largest absolute Gasteiger partial charge is 0.370 e. The Morgan fingerprint density at radius 2 is 2.00 bits per heavy atom. The number of hydrogen-bond donors (Lipinski definition) is 2. The SMILES string of the molecule is Cc1ccc(CN2C(=O)CCC2C(=O)NCC[NH+]2CCOCC2)cc1. The van der Waals surface area contributed by atoms with Crippen molar-refractivity contribution in [3.8, 4) is 0 Å². The van der Waals surface area contributed by atoms with Crippen LogP contribution in [0.1, 0.15) is 24.0 Å². The molecule has 2 aliphatic rings. The molecule has 0 aliphatic carbocycles. The molecule has 3 rings (SSSR count). The molecule has 0 spiro atoms. The third-order valence-electron chi connectivity index (χ3n) is 5.08. The first-order valence-electron chi connectivity index (χ1n) is 9.17. The Morgan fingerprint density at radius 3 is 2.72 bits per heavy atom. The predicted molar refractivity (Wildman–Crippen MR) is 94.1 cm³/mol. The molecule has 2 fully saturated rings. The Kier molecular flexibility index (Phi) is 6.04. The average Bonchev–Trinajstić information content (AvgIpc) is 2.98. The van der Waals surface area contributed by atoms with Gasteiger partial charge < -0.3 is 19.9 Å². The van der Waals surface area contributed by atoms with Crippen LogP contribution in [0, 0.1) is 6.92 Å². The van der Waals surface area contributed by atoms with Crippen LogP contribution in [0.3, 0.4) is 0 Å². The normalized spacial score (nSPS) is 21.6. The first kappa shape index (κ1) is 17.9. The second-order valence-corrected chi connectivity index (χ2v) is 6.97. The van der Waals surface area contributed by atoms with Crippen molar-refractivity contribution in [2.24, 2.45) is 0 Å². The van der Waals surface area contributed by atoms with E-state index in [1.54, 1.807) is 4.90 Å². The van der Waals surface area contributed by atoms with E-state index in [1.165, 1.54) is 10.5 Å². The molecule has 1 unspecified atom stereocenters. The molecule has 6 nitrogen and oxygen atoms in total. The number of carbonyl (C=O) groups excluding carboxylic acids is 2. The minimum atomic E-state index is -0.339. The van der Waals surface area contributed by atoms with Gasteiger partial charge in [0.15, 0.2) is 0 Å². The smallest absolute Gasteiger partial charge is 0.243 e. The maximum atomic E-state index is 12.5. The number of morpholine rings is 1. The highest BCUT2D eigenvalue weighted by molar-refractivity contribution is 5.90. The lowest BCUT2D eigenvalue weighted by atomic mass is 10.1. The maximum absolute atomic E-state index is 12.5. The van der Waals surface area contributed by atoms with Gasteiger partial charge in [-0.3, -0.25) is 9.59 Å². The number of benzene rings is 1. The molecule has 0 bridgehead atoms. The van der Waals surface area contributed by atoms with E-state index in [0.717, 1.165) is 38.4 Å². The molecule has 2 heterocycles. The third kappa shape index (κ3) is 4.80. The summed E-state index contributed by atoms with van der Waals surface area (Å²) in [5.74, 6) is 0.0464. The van der Waals surface area contributed by atoms with Gasteiger partial charge in [-0.2, -0.15) is 0 Å². The summed E-state index contributed by atoms with van der Waals surface area (Å²) < 4.78 is 5.35. The van der Waals surface area contributed by atoms with Crippen LogP contribution in [-0.4, -0.2) is 62.1 Å². The number of nitrogens with one attached hydrogen (secondary N) is 2. The van der Waals surface area contributed by atoms with Gasteiger partial charge in [-0.05, 0) is 18.9 Å². The third-order valence-corrected chi connectivity index (χ3v) is 5.08. The van der Waals surface area contributed by atoms with Gasteiger partial charge in [0.2, 0.25) is 11.8 Å². The molecule has 0 radical (unpaired) electrons. The zero-order valence-corrected chi connectivity index (χ0v) is 14.9. The molecule has 1 aromatic rings. The Labute approximate surface area is 149 Å². The summed E-state index contributed by atoms with van der Waals surface area (Å²) in [6.07, 6.45) is 1.07. The van der Waals surface area contributed by atoms with E-state index in [4.69, 9.17) is 4.74 Å². The van der Waals surface area contributed by atoms with Crippen LogP contribution in [0.25, 0.3) is 0 Å². The van der Waals surface area contributed by atoms with Crippen molar-refractivity contribution in [3.05, 3.63) is 35.4 Å². The van der Waals surface area contributed by atoms with E-state index in [2.05, 4.69) is 5.32 Å². The predicted octanol–water partition coefficient (Wildman–Crippen LogP) is -0.483. The number of ether oxygens (including phenoxy) is 1. The molecule has 25 heavy (non-hydrogen) atoms. The summed E-state index contributed by atoms with van der Waals surface area (Å²) in [6, 6.07) is 7.79. The summed E-state index contributed by atoms with van der Waals surface area (Å²) in [5, 5.41) is 3.02. The molecule has 2 saturated heterocycles. The summed E-state index contributed by atoms with van der Waals surface area (Å²) >= 11 is 0. The van der Waals surface area contributed by atoms with Gasteiger partial charge in [0, 0.05) is 13.0 Å². The minimum Gasteiger partial charge on any atom is -0.370 e. The van der Waals surface area contributed by atoms with Gasteiger partial charge in [-0.15, -0.1) is 0 Å². The topological polar surface area (TPSA) is 63.1 Å². The van der Waals surface area contributed by atoms with E-state index in [9.17, 15) is 9.59 Å². The Morgan fingerprint density at radius 1 is 1.28 bits per heavy atom. The molecule has 0 saturated carbocycles. The molecule has 6 heteroatoms. The number of hydrogen-bond acceptors (Lipinski definition) is 3. The van der Waals surface area contributed by atoms with E-state index in [0.29, 0.717) is 25.9 Å². The minimum absolute atomic E-state index is 0.0226. The van der Waals surface area contributed by atoms with E-state index >= 15 is 0 Å². The van der Waals surface area contributed by atoms with Gasteiger partial charge in [-0.25, -0.2) is 0 Å². The molecular formula is C19H28N3O3+. The quantitative estimate of drug-likeness (QED) is 0.731. The maximum Gasteiger partial charge on any atom is 0.243 e. The summed E-state index contributed by atoms with van der Waals surface area (Å²) in [5.41, 5.74) is 2.26. The fourth-order valence-corrected chi connectivity index (χ4v) is 3.49. The molecule has 1 atom stereocenters. The highest BCUT2D eigenvalue weighted by Gasteiger charge is 2.35. The molecule has 2 aliphatic heterocycles. The van der Waals surface area contributed by atoms with Crippen LogP contribution in [0.4, 0.5) is 0 Å². The van der Waals surface area contributed by atoms with Crippen LogP contribution in [-0.2, 0) is 20.9 Å². The van der Waals surface area contributed by atoms with Crippen LogP contribution in [0.2, 0.25) is 0 Å².